The van der Waals surface area contributed by atoms with Crippen LogP contribution in [-0.4, -0.2) is 24.8 Å². The Labute approximate surface area is 130 Å². The van der Waals surface area contributed by atoms with E-state index in [1.54, 1.807) is 0 Å². The molecule has 1 aromatic rings. The summed E-state index contributed by atoms with van der Waals surface area (Å²) in [6, 6.07) is 7.36. The molecule has 2 nitrogen and oxygen atoms in total. The summed E-state index contributed by atoms with van der Waals surface area (Å²) in [6.07, 6.45) is 1.79. The molecule has 5 atom stereocenters. The van der Waals surface area contributed by atoms with E-state index in [1.165, 1.54) is 16.7 Å². The van der Waals surface area contributed by atoms with Crippen LogP contribution in [0.15, 0.2) is 18.2 Å². The minimum atomic E-state index is 0.339. The Morgan fingerprint density at radius 1 is 1.10 bits per heavy atom. The standard InChI is InChI=1S/C19H31NO/c1-7-20-18(19-14(4)15(5)21-16(19)6)11-17-9-8-12(2)13(3)10-17/h8-10,14-16,18-20H,7,11H2,1-6H3. The van der Waals surface area contributed by atoms with Gasteiger partial charge in [-0.05, 0) is 63.3 Å². The van der Waals surface area contributed by atoms with Gasteiger partial charge in [-0.2, -0.15) is 0 Å². The van der Waals surface area contributed by atoms with E-state index in [0.29, 0.717) is 30.1 Å². The fourth-order valence-corrected chi connectivity index (χ4v) is 3.78. The van der Waals surface area contributed by atoms with Gasteiger partial charge >= 0.3 is 0 Å². The van der Waals surface area contributed by atoms with Crippen molar-refractivity contribution in [3.8, 4) is 0 Å². The number of hydrogen-bond donors (Lipinski definition) is 1. The largest absolute Gasteiger partial charge is 0.375 e. The zero-order chi connectivity index (χ0) is 15.6. The number of aryl methyl sites for hydroxylation is 2. The van der Waals surface area contributed by atoms with Crippen LogP contribution in [0.3, 0.4) is 0 Å². The maximum Gasteiger partial charge on any atom is 0.0597 e. The molecule has 1 fully saturated rings. The molecule has 0 spiro atoms. The molecule has 5 unspecified atom stereocenters. The Kier molecular flexibility index (Phi) is 5.45. The molecule has 1 aliphatic heterocycles. The number of rotatable bonds is 5. The first kappa shape index (κ1) is 16.5. The highest BCUT2D eigenvalue weighted by Crippen LogP contribution is 2.35. The number of benzene rings is 1. The minimum absolute atomic E-state index is 0.339. The first-order chi connectivity index (χ1) is 9.93. The van der Waals surface area contributed by atoms with Crippen molar-refractivity contribution in [3.63, 3.8) is 0 Å². The average molecular weight is 289 g/mol. The van der Waals surface area contributed by atoms with Gasteiger partial charge in [0.15, 0.2) is 0 Å². The maximum absolute atomic E-state index is 6.05. The van der Waals surface area contributed by atoms with Crippen LogP contribution in [0.25, 0.3) is 0 Å². The predicted molar refractivity (Wildman–Crippen MR) is 89.7 cm³/mol. The van der Waals surface area contributed by atoms with Gasteiger partial charge in [-0.25, -0.2) is 0 Å². The molecule has 2 heteroatoms. The van der Waals surface area contributed by atoms with Gasteiger partial charge in [0.05, 0.1) is 12.2 Å². The molecule has 21 heavy (non-hydrogen) atoms. The summed E-state index contributed by atoms with van der Waals surface area (Å²) in [5, 5.41) is 3.71. The summed E-state index contributed by atoms with van der Waals surface area (Å²) in [4.78, 5) is 0. The van der Waals surface area contributed by atoms with Crippen molar-refractivity contribution >= 4 is 0 Å². The Bertz CT molecular complexity index is 471. The highest BCUT2D eigenvalue weighted by Gasteiger charge is 2.41. The molecule has 1 aromatic carbocycles. The molecular formula is C19H31NO. The van der Waals surface area contributed by atoms with Gasteiger partial charge in [0, 0.05) is 12.0 Å². The summed E-state index contributed by atoms with van der Waals surface area (Å²) in [5.41, 5.74) is 4.20. The fraction of sp³-hybridized carbons (Fsp3) is 0.684. The van der Waals surface area contributed by atoms with Crippen LogP contribution in [0.4, 0.5) is 0 Å². The molecule has 1 saturated heterocycles. The van der Waals surface area contributed by atoms with Crippen LogP contribution in [0, 0.1) is 25.7 Å². The van der Waals surface area contributed by atoms with Crippen molar-refractivity contribution in [1.29, 1.82) is 0 Å². The Morgan fingerprint density at radius 2 is 1.81 bits per heavy atom. The second-order valence-electron chi connectivity index (χ2n) is 6.77. The van der Waals surface area contributed by atoms with Crippen molar-refractivity contribution < 1.29 is 4.74 Å². The predicted octanol–water partition coefficient (Wildman–Crippen LogP) is 3.88. The molecular weight excluding hydrogens is 258 g/mol. The van der Waals surface area contributed by atoms with Crippen LogP contribution < -0.4 is 5.32 Å². The van der Waals surface area contributed by atoms with E-state index >= 15 is 0 Å². The monoisotopic (exact) mass is 289 g/mol. The third kappa shape index (κ3) is 3.67. The molecule has 2 rings (SSSR count). The topological polar surface area (TPSA) is 21.3 Å². The number of nitrogens with one attached hydrogen (secondary N) is 1. The molecule has 1 N–H and O–H groups in total. The van der Waals surface area contributed by atoms with Crippen LogP contribution in [-0.2, 0) is 11.2 Å². The zero-order valence-corrected chi connectivity index (χ0v) is 14.4. The second-order valence-corrected chi connectivity index (χ2v) is 6.77. The quantitative estimate of drug-likeness (QED) is 0.888. The first-order valence-corrected chi connectivity index (χ1v) is 8.39. The number of hydrogen-bond acceptors (Lipinski definition) is 2. The van der Waals surface area contributed by atoms with Crippen LogP contribution in [0.5, 0.6) is 0 Å². The fourth-order valence-electron chi connectivity index (χ4n) is 3.78. The van der Waals surface area contributed by atoms with Crippen LogP contribution in [0.2, 0.25) is 0 Å². The van der Waals surface area contributed by atoms with Crippen molar-refractivity contribution in [3.05, 3.63) is 34.9 Å². The highest BCUT2D eigenvalue weighted by molar-refractivity contribution is 5.30. The Morgan fingerprint density at radius 3 is 2.33 bits per heavy atom. The maximum atomic E-state index is 6.05. The highest BCUT2D eigenvalue weighted by atomic mass is 16.5. The molecule has 1 aliphatic rings. The van der Waals surface area contributed by atoms with Gasteiger partial charge in [-0.15, -0.1) is 0 Å². The molecule has 0 aliphatic carbocycles. The lowest BCUT2D eigenvalue weighted by molar-refractivity contribution is 0.0476. The summed E-state index contributed by atoms with van der Waals surface area (Å²) in [6.45, 7) is 14.4. The molecule has 1 heterocycles. The molecule has 0 amide bonds. The summed E-state index contributed by atoms with van der Waals surface area (Å²) in [7, 11) is 0. The summed E-state index contributed by atoms with van der Waals surface area (Å²) < 4.78 is 6.05. The van der Waals surface area contributed by atoms with E-state index in [0.717, 1.165) is 13.0 Å². The lowest BCUT2D eigenvalue weighted by atomic mass is 9.80. The van der Waals surface area contributed by atoms with Crippen molar-refractivity contribution in [2.24, 2.45) is 11.8 Å². The normalized spacial score (nSPS) is 30.6. The molecule has 0 radical (unpaired) electrons. The van der Waals surface area contributed by atoms with Crippen LogP contribution >= 0.6 is 0 Å². The van der Waals surface area contributed by atoms with Gasteiger partial charge < -0.3 is 10.1 Å². The Balaban J connectivity index is 2.17. The molecule has 0 saturated carbocycles. The van der Waals surface area contributed by atoms with E-state index < -0.39 is 0 Å². The van der Waals surface area contributed by atoms with Crippen LogP contribution in [0.1, 0.15) is 44.4 Å². The third-order valence-corrected chi connectivity index (χ3v) is 5.28. The third-order valence-electron chi connectivity index (χ3n) is 5.28. The van der Waals surface area contributed by atoms with E-state index in [1.807, 2.05) is 0 Å². The minimum Gasteiger partial charge on any atom is -0.375 e. The van der Waals surface area contributed by atoms with E-state index in [-0.39, 0.29) is 0 Å². The molecule has 118 valence electrons. The van der Waals surface area contributed by atoms with Crippen molar-refractivity contribution in [2.45, 2.75) is 66.2 Å². The van der Waals surface area contributed by atoms with Gasteiger partial charge in [-0.1, -0.05) is 32.0 Å². The van der Waals surface area contributed by atoms with Crippen molar-refractivity contribution in [2.75, 3.05) is 6.54 Å². The summed E-state index contributed by atoms with van der Waals surface area (Å²) >= 11 is 0. The van der Waals surface area contributed by atoms with Gasteiger partial charge in [0.1, 0.15) is 0 Å². The van der Waals surface area contributed by atoms with E-state index in [2.05, 4.69) is 65.1 Å². The lowest BCUT2D eigenvalue weighted by Gasteiger charge is -2.30. The first-order valence-electron chi connectivity index (χ1n) is 8.39. The lowest BCUT2D eigenvalue weighted by Crippen LogP contribution is -2.43. The average Bonchev–Trinajstić information content (AvgIpc) is 2.67. The van der Waals surface area contributed by atoms with E-state index in [4.69, 9.17) is 4.74 Å². The summed E-state index contributed by atoms with van der Waals surface area (Å²) in [5.74, 6) is 1.19. The molecule has 0 aromatic heterocycles. The SMILES string of the molecule is CCNC(Cc1ccc(C)c(C)c1)C1C(C)OC(C)C1C. The van der Waals surface area contributed by atoms with Gasteiger partial charge in [0.2, 0.25) is 0 Å². The Hall–Kier alpha value is -0.860. The van der Waals surface area contributed by atoms with Crippen molar-refractivity contribution in [1.82, 2.24) is 5.32 Å². The number of likely N-dealkylation sites (N-methyl/N-ethyl adjacent to an activating group) is 1. The smallest absolute Gasteiger partial charge is 0.0597 e. The zero-order valence-electron chi connectivity index (χ0n) is 14.4. The van der Waals surface area contributed by atoms with Gasteiger partial charge in [-0.3, -0.25) is 0 Å². The second kappa shape index (κ2) is 6.93. The van der Waals surface area contributed by atoms with E-state index in [9.17, 15) is 0 Å². The number of ether oxygens (including phenoxy) is 1. The molecule has 0 bridgehead atoms. The van der Waals surface area contributed by atoms with Gasteiger partial charge in [0.25, 0.3) is 0 Å².